The van der Waals surface area contributed by atoms with Crippen molar-refractivity contribution in [3.05, 3.63) is 45.5 Å². The summed E-state index contributed by atoms with van der Waals surface area (Å²) in [7, 11) is 0. The van der Waals surface area contributed by atoms with Crippen LogP contribution in [0.1, 0.15) is 36.2 Å². The number of aliphatic carboxylic acids is 1. The van der Waals surface area contributed by atoms with Crippen molar-refractivity contribution in [1.29, 1.82) is 0 Å². The summed E-state index contributed by atoms with van der Waals surface area (Å²) in [5.74, 6) is -2.71. The zero-order valence-corrected chi connectivity index (χ0v) is 15.4. The van der Waals surface area contributed by atoms with Gasteiger partial charge in [0.1, 0.15) is 5.82 Å². The van der Waals surface area contributed by atoms with Crippen molar-refractivity contribution in [3.8, 4) is 5.95 Å². The van der Waals surface area contributed by atoms with Crippen LogP contribution in [0.4, 0.5) is 5.82 Å². The summed E-state index contributed by atoms with van der Waals surface area (Å²) in [6.45, 7) is 1.75. The van der Waals surface area contributed by atoms with Crippen LogP contribution in [0.5, 0.6) is 0 Å². The van der Waals surface area contributed by atoms with E-state index in [0.717, 1.165) is 18.5 Å². The third kappa shape index (κ3) is 3.23. The maximum absolute atomic E-state index is 12.8. The van der Waals surface area contributed by atoms with Gasteiger partial charge in [-0.3, -0.25) is 14.6 Å². The standard InChI is InChI=1S/C19H21N5O4/c1-10-9-15(21-16(25)11-5-2-3-6-12(11)18(27)28)24(23-10)19-20-14-8-4-7-13(14)17(26)22-19/h2-3,9,11-12H,4-8H2,1H3,(H,21,25)(H,27,28)(H,20,22,26)/p-1/t11-,12-/m1/s1. The van der Waals surface area contributed by atoms with E-state index in [1.54, 1.807) is 25.1 Å². The Hall–Kier alpha value is -3.23. The van der Waals surface area contributed by atoms with E-state index in [1.807, 2.05) is 0 Å². The Kier molecular flexibility index (Phi) is 4.58. The Morgan fingerprint density at radius 2 is 2.00 bits per heavy atom. The minimum atomic E-state index is -1.24. The molecule has 2 N–H and O–H groups in total. The number of aromatic amines is 1. The van der Waals surface area contributed by atoms with Gasteiger partial charge in [0.05, 0.1) is 17.3 Å². The molecule has 0 saturated carbocycles. The lowest BCUT2D eigenvalue weighted by Gasteiger charge is -2.28. The number of fused-ring (bicyclic) bond motifs is 1. The smallest absolute Gasteiger partial charge is 0.255 e. The largest absolute Gasteiger partial charge is 0.550 e. The lowest BCUT2D eigenvalue weighted by molar-refractivity contribution is -0.313. The van der Waals surface area contributed by atoms with Crippen molar-refractivity contribution < 1.29 is 14.7 Å². The Labute approximate surface area is 160 Å². The fourth-order valence-electron chi connectivity index (χ4n) is 3.86. The number of amides is 1. The third-order valence-electron chi connectivity index (χ3n) is 5.28. The van der Waals surface area contributed by atoms with Crippen molar-refractivity contribution in [1.82, 2.24) is 19.7 Å². The molecule has 9 nitrogen and oxygen atoms in total. The summed E-state index contributed by atoms with van der Waals surface area (Å²) in [5, 5.41) is 18.4. The van der Waals surface area contributed by atoms with E-state index in [1.165, 1.54) is 4.68 Å². The van der Waals surface area contributed by atoms with E-state index < -0.39 is 23.7 Å². The number of anilines is 1. The van der Waals surface area contributed by atoms with Gasteiger partial charge in [-0.1, -0.05) is 12.2 Å². The van der Waals surface area contributed by atoms with Gasteiger partial charge < -0.3 is 15.2 Å². The number of rotatable bonds is 4. The molecular formula is C19H20N5O4-. The fraction of sp³-hybridized carbons (Fsp3) is 0.421. The first kappa shape index (κ1) is 18.1. The highest BCUT2D eigenvalue weighted by Crippen LogP contribution is 2.27. The average molecular weight is 382 g/mol. The van der Waals surface area contributed by atoms with Crippen LogP contribution in [0, 0.1) is 18.8 Å². The minimum Gasteiger partial charge on any atom is -0.550 e. The number of carboxylic acids is 1. The molecular weight excluding hydrogens is 362 g/mol. The van der Waals surface area contributed by atoms with Crippen molar-refractivity contribution >= 4 is 17.7 Å². The molecule has 0 bridgehead atoms. The van der Waals surface area contributed by atoms with Gasteiger partial charge in [0, 0.05) is 23.5 Å². The molecule has 0 aliphatic heterocycles. The number of hydrogen-bond acceptors (Lipinski definition) is 6. The maximum atomic E-state index is 12.8. The molecule has 2 aliphatic carbocycles. The van der Waals surface area contributed by atoms with E-state index in [2.05, 4.69) is 20.4 Å². The van der Waals surface area contributed by atoms with Crippen LogP contribution in [-0.2, 0) is 22.4 Å². The fourth-order valence-corrected chi connectivity index (χ4v) is 3.86. The van der Waals surface area contributed by atoms with Gasteiger partial charge in [0.2, 0.25) is 11.9 Å². The van der Waals surface area contributed by atoms with Crippen molar-refractivity contribution in [3.63, 3.8) is 0 Å². The third-order valence-corrected chi connectivity index (χ3v) is 5.28. The molecule has 4 rings (SSSR count). The molecule has 9 heteroatoms. The summed E-state index contributed by atoms with van der Waals surface area (Å²) in [6.07, 6.45) is 6.46. The zero-order valence-electron chi connectivity index (χ0n) is 15.4. The Balaban J connectivity index is 1.65. The highest BCUT2D eigenvalue weighted by Gasteiger charge is 2.30. The van der Waals surface area contributed by atoms with Crippen LogP contribution in [-0.4, -0.2) is 31.6 Å². The molecule has 0 unspecified atom stereocenters. The van der Waals surface area contributed by atoms with E-state index >= 15 is 0 Å². The Morgan fingerprint density at radius 1 is 1.25 bits per heavy atom. The molecule has 1 amide bonds. The summed E-state index contributed by atoms with van der Waals surface area (Å²) in [5.41, 5.74) is 1.87. The number of allylic oxidation sites excluding steroid dienone is 2. The average Bonchev–Trinajstić information content (AvgIpc) is 3.28. The molecule has 0 aromatic carbocycles. The number of hydrogen-bond donors (Lipinski definition) is 2. The van der Waals surface area contributed by atoms with E-state index in [-0.39, 0.29) is 17.9 Å². The number of H-pyrrole nitrogens is 1. The van der Waals surface area contributed by atoms with E-state index in [9.17, 15) is 19.5 Å². The molecule has 28 heavy (non-hydrogen) atoms. The Morgan fingerprint density at radius 3 is 2.75 bits per heavy atom. The highest BCUT2D eigenvalue weighted by molar-refractivity contribution is 5.94. The van der Waals surface area contributed by atoms with Crippen LogP contribution in [0.15, 0.2) is 23.0 Å². The van der Waals surface area contributed by atoms with Gasteiger partial charge in [0.25, 0.3) is 5.56 Å². The van der Waals surface area contributed by atoms with Gasteiger partial charge in [-0.25, -0.2) is 4.98 Å². The second-order valence-corrected chi connectivity index (χ2v) is 7.22. The molecule has 2 atom stereocenters. The number of carboxylic acid groups (broad SMARTS) is 1. The number of carbonyl (C=O) groups excluding carboxylic acids is 2. The Bertz CT molecular complexity index is 1040. The lowest BCUT2D eigenvalue weighted by atomic mass is 9.82. The van der Waals surface area contributed by atoms with Crippen molar-refractivity contribution in [2.45, 2.75) is 39.0 Å². The first-order valence-corrected chi connectivity index (χ1v) is 9.30. The van der Waals surface area contributed by atoms with E-state index in [4.69, 9.17) is 0 Å². The van der Waals surface area contributed by atoms with Gasteiger partial charge >= 0.3 is 0 Å². The number of aryl methyl sites for hydroxylation is 2. The van der Waals surface area contributed by atoms with Crippen LogP contribution in [0.25, 0.3) is 5.95 Å². The number of carbonyl (C=O) groups is 2. The molecule has 0 radical (unpaired) electrons. The van der Waals surface area contributed by atoms with Crippen LogP contribution >= 0.6 is 0 Å². The van der Waals surface area contributed by atoms with Crippen molar-refractivity contribution in [2.24, 2.45) is 11.8 Å². The monoisotopic (exact) mass is 382 g/mol. The van der Waals surface area contributed by atoms with Gasteiger partial charge in [0.15, 0.2) is 0 Å². The molecule has 2 aromatic rings. The first-order valence-electron chi connectivity index (χ1n) is 9.30. The number of nitrogens with one attached hydrogen (secondary N) is 2. The summed E-state index contributed by atoms with van der Waals surface area (Å²) in [6, 6.07) is 1.65. The minimum absolute atomic E-state index is 0.197. The summed E-state index contributed by atoms with van der Waals surface area (Å²) >= 11 is 0. The molecule has 0 fully saturated rings. The van der Waals surface area contributed by atoms with E-state index in [0.29, 0.717) is 29.9 Å². The highest BCUT2D eigenvalue weighted by atomic mass is 16.4. The first-order chi connectivity index (χ1) is 13.4. The predicted molar refractivity (Wildman–Crippen MR) is 97.7 cm³/mol. The summed E-state index contributed by atoms with van der Waals surface area (Å²) < 4.78 is 1.37. The van der Waals surface area contributed by atoms with Crippen LogP contribution < -0.4 is 16.0 Å². The molecule has 2 heterocycles. The normalized spacial score (nSPS) is 20.8. The van der Waals surface area contributed by atoms with Gasteiger partial charge in [-0.15, -0.1) is 0 Å². The molecule has 146 valence electrons. The number of nitrogens with zero attached hydrogens (tertiary/aromatic N) is 3. The predicted octanol–water partition coefficient (Wildman–Crippen LogP) is 0.0235. The molecule has 0 spiro atoms. The summed E-state index contributed by atoms with van der Waals surface area (Å²) in [4.78, 5) is 43.7. The zero-order chi connectivity index (χ0) is 19.8. The lowest BCUT2D eigenvalue weighted by Crippen LogP contribution is -2.41. The maximum Gasteiger partial charge on any atom is 0.255 e. The van der Waals surface area contributed by atoms with Crippen molar-refractivity contribution in [2.75, 3.05) is 5.32 Å². The second-order valence-electron chi connectivity index (χ2n) is 7.22. The number of aromatic nitrogens is 4. The quantitative estimate of drug-likeness (QED) is 0.717. The van der Waals surface area contributed by atoms with Gasteiger partial charge in [-0.2, -0.15) is 9.78 Å². The van der Waals surface area contributed by atoms with Crippen LogP contribution in [0.3, 0.4) is 0 Å². The molecule has 2 aromatic heterocycles. The molecule has 2 aliphatic rings. The van der Waals surface area contributed by atoms with Crippen LogP contribution in [0.2, 0.25) is 0 Å². The molecule has 0 saturated heterocycles. The SMILES string of the molecule is Cc1cc(NC(=O)[C@@H]2CC=CC[C@H]2C(=O)[O-])n(-c2nc3c(c(=O)[nH]2)CCC3)n1. The second kappa shape index (κ2) is 7.06. The van der Waals surface area contributed by atoms with Gasteiger partial charge in [-0.05, 0) is 39.0 Å². The topological polar surface area (TPSA) is 133 Å².